The van der Waals surface area contributed by atoms with Gasteiger partial charge in [-0.05, 0) is 32.0 Å². The van der Waals surface area contributed by atoms with Crippen molar-refractivity contribution in [2.45, 2.75) is 25.8 Å². The molecule has 0 amide bonds. The fraction of sp³-hybridized carbons (Fsp3) is 0.333. The molecule has 0 fully saturated rings. The zero-order valence-electron chi connectivity index (χ0n) is 12.1. The van der Waals surface area contributed by atoms with Gasteiger partial charge in [-0.1, -0.05) is 11.6 Å². The van der Waals surface area contributed by atoms with E-state index in [1.807, 2.05) is 43.0 Å². The molecule has 0 saturated carbocycles. The number of rotatable bonds is 3. The molecule has 1 aromatic carbocycles. The van der Waals surface area contributed by atoms with Gasteiger partial charge in [-0.3, -0.25) is 4.68 Å². The lowest BCUT2D eigenvalue weighted by molar-refractivity contribution is 0.720. The normalized spacial score (nSPS) is 13.0. The molecule has 110 valence electrons. The molecule has 0 saturated heterocycles. The highest BCUT2D eigenvalue weighted by Gasteiger charge is 2.17. The van der Waals surface area contributed by atoms with Gasteiger partial charge in [0, 0.05) is 23.3 Å². The molecule has 0 spiro atoms. The van der Waals surface area contributed by atoms with Crippen molar-refractivity contribution >= 4 is 34.2 Å². The highest BCUT2D eigenvalue weighted by molar-refractivity contribution is 6.31. The molecule has 4 nitrogen and oxygen atoms in total. The van der Waals surface area contributed by atoms with E-state index in [9.17, 15) is 0 Å². The molecule has 0 aliphatic carbocycles. The van der Waals surface area contributed by atoms with Crippen LogP contribution in [-0.4, -0.2) is 19.3 Å². The van der Waals surface area contributed by atoms with Crippen LogP contribution in [0.5, 0.6) is 0 Å². The number of fused-ring (bicyclic) bond motifs is 1. The molecule has 21 heavy (non-hydrogen) atoms. The summed E-state index contributed by atoms with van der Waals surface area (Å²) in [7, 11) is 1.94. The topological polar surface area (TPSA) is 35.6 Å². The van der Waals surface area contributed by atoms with Crippen LogP contribution in [0.1, 0.15) is 29.4 Å². The first-order chi connectivity index (χ1) is 9.97. The maximum absolute atomic E-state index is 6.29. The minimum Gasteiger partial charge on any atom is -0.322 e. The van der Waals surface area contributed by atoms with Gasteiger partial charge >= 0.3 is 0 Å². The summed E-state index contributed by atoms with van der Waals surface area (Å²) >= 11 is 12.4. The zero-order chi connectivity index (χ0) is 15.1. The second kappa shape index (κ2) is 5.35. The third-order valence-electron chi connectivity index (χ3n) is 3.76. The van der Waals surface area contributed by atoms with Gasteiger partial charge in [0.25, 0.3) is 0 Å². The summed E-state index contributed by atoms with van der Waals surface area (Å²) in [6.07, 6.45) is 1.88. The van der Waals surface area contributed by atoms with E-state index in [1.165, 1.54) is 0 Å². The first kappa shape index (κ1) is 14.4. The van der Waals surface area contributed by atoms with E-state index in [0.29, 0.717) is 11.6 Å². The third-order valence-corrected chi connectivity index (χ3v) is 4.19. The summed E-state index contributed by atoms with van der Waals surface area (Å²) in [6, 6.07) is 5.70. The predicted molar refractivity (Wildman–Crippen MR) is 86.1 cm³/mol. The highest BCUT2D eigenvalue weighted by Crippen LogP contribution is 2.27. The van der Waals surface area contributed by atoms with Crippen LogP contribution in [0.25, 0.3) is 11.0 Å². The summed E-state index contributed by atoms with van der Waals surface area (Å²) in [4.78, 5) is 4.63. The monoisotopic (exact) mass is 322 g/mol. The maximum atomic E-state index is 6.29. The van der Waals surface area contributed by atoms with Crippen molar-refractivity contribution in [3.8, 4) is 0 Å². The quantitative estimate of drug-likeness (QED) is 0.681. The van der Waals surface area contributed by atoms with Gasteiger partial charge in [-0.15, -0.1) is 11.6 Å². The number of hydrogen-bond acceptors (Lipinski definition) is 2. The van der Waals surface area contributed by atoms with Crippen molar-refractivity contribution in [3.63, 3.8) is 0 Å². The highest BCUT2D eigenvalue weighted by atomic mass is 35.5. The van der Waals surface area contributed by atoms with E-state index in [4.69, 9.17) is 23.2 Å². The number of hydrogen-bond donors (Lipinski definition) is 0. The van der Waals surface area contributed by atoms with Crippen LogP contribution in [0.4, 0.5) is 0 Å². The van der Waals surface area contributed by atoms with Crippen LogP contribution in [-0.2, 0) is 13.6 Å². The molecule has 6 heteroatoms. The zero-order valence-corrected chi connectivity index (χ0v) is 13.7. The standard InChI is InChI=1S/C15H16Cl2N4/c1-9(16)15-19-13-5-4-12(17)6-14(13)21(15)8-11-7-18-20(3)10(11)2/h4-7,9H,8H2,1-3H3. The lowest BCUT2D eigenvalue weighted by atomic mass is 10.2. The number of alkyl halides is 1. The van der Waals surface area contributed by atoms with Crippen molar-refractivity contribution in [2.24, 2.45) is 7.05 Å². The Morgan fingerprint density at radius 1 is 1.33 bits per heavy atom. The van der Waals surface area contributed by atoms with Crippen molar-refractivity contribution < 1.29 is 0 Å². The lowest BCUT2D eigenvalue weighted by Gasteiger charge is -2.10. The number of nitrogens with zero attached hydrogens (tertiary/aromatic N) is 4. The van der Waals surface area contributed by atoms with E-state index >= 15 is 0 Å². The fourth-order valence-electron chi connectivity index (χ4n) is 2.45. The van der Waals surface area contributed by atoms with Gasteiger partial charge in [0.1, 0.15) is 5.82 Å². The molecule has 2 aromatic heterocycles. The van der Waals surface area contributed by atoms with E-state index in [1.54, 1.807) is 0 Å². The summed E-state index contributed by atoms with van der Waals surface area (Å²) < 4.78 is 3.98. The van der Waals surface area contributed by atoms with E-state index in [-0.39, 0.29) is 5.38 Å². The van der Waals surface area contributed by atoms with E-state index < -0.39 is 0 Å². The molecule has 0 aliphatic heterocycles. The molecule has 0 N–H and O–H groups in total. The number of aromatic nitrogens is 4. The SMILES string of the molecule is Cc1c(Cn2c(C(C)Cl)nc3ccc(Cl)cc32)cnn1C. The largest absolute Gasteiger partial charge is 0.322 e. The smallest absolute Gasteiger partial charge is 0.128 e. The van der Waals surface area contributed by atoms with Crippen molar-refractivity contribution in [3.05, 3.63) is 46.5 Å². The van der Waals surface area contributed by atoms with Crippen LogP contribution in [0, 0.1) is 6.92 Å². The Bertz CT molecular complexity index is 801. The molecular weight excluding hydrogens is 307 g/mol. The number of imidazole rings is 1. The molecule has 0 aliphatic rings. The summed E-state index contributed by atoms with van der Waals surface area (Å²) in [6.45, 7) is 4.66. The summed E-state index contributed by atoms with van der Waals surface area (Å²) in [5.74, 6) is 0.845. The fourth-order valence-corrected chi connectivity index (χ4v) is 2.79. The first-order valence-corrected chi connectivity index (χ1v) is 7.56. The average Bonchev–Trinajstić information content (AvgIpc) is 2.94. The molecule has 2 heterocycles. The number of halogens is 2. The molecular formula is C15H16Cl2N4. The minimum atomic E-state index is -0.173. The van der Waals surface area contributed by atoms with Crippen LogP contribution >= 0.6 is 23.2 Å². The molecule has 0 bridgehead atoms. The third kappa shape index (κ3) is 2.54. The summed E-state index contributed by atoms with van der Waals surface area (Å²) in [5, 5.41) is 4.81. The first-order valence-electron chi connectivity index (χ1n) is 6.74. The Balaban J connectivity index is 2.17. The van der Waals surface area contributed by atoms with Crippen molar-refractivity contribution in [2.75, 3.05) is 0 Å². The summed E-state index contributed by atoms with van der Waals surface area (Å²) in [5.41, 5.74) is 4.18. The molecule has 3 rings (SSSR count). The van der Waals surface area contributed by atoms with E-state index in [0.717, 1.165) is 28.1 Å². The van der Waals surface area contributed by atoms with Gasteiger partial charge in [0.2, 0.25) is 0 Å². The van der Waals surface area contributed by atoms with Crippen molar-refractivity contribution in [1.82, 2.24) is 19.3 Å². The predicted octanol–water partition coefficient (Wildman–Crippen LogP) is 4.08. The van der Waals surface area contributed by atoms with Gasteiger partial charge in [-0.2, -0.15) is 5.10 Å². The minimum absolute atomic E-state index is 0.173. The van der Waals surface area contributed by atoms with Crippen LogP contribution in [0.3, 0.4) is 0 Å². The Kier molecular flexibility index (Phi) is 3.68. The van der Waals surface area contributed by atoms with Crippen LogP contribution in [0.2, 0.25) is 5.02 Å². The number of benzene rings is 1. The van der Waals surface area contributed by atoms with Gasteiger partial charge in [0.05, 0.1) is 29.2 Å². The Labute approximate surface area is 133 Å². The van der Waals surface area contributed by atoms with E-state index in [2.05, 4.69) is 21.6 Å². The molecule has 1 unspecified atom stereocenters. The Morgan fingerprint density at radius 3 is 2.71 bits per heavy atom. The van der Waals surface area contributed by atoms with Gasteiger partial charge in [-0.25, -0.2) is 4.98 Å². The van der Waals surface area contributed by atoms with Gasteiger partial charge < -0.3 is 4.57 Å². The maximum Gasteiger partial charge on any atom is 0.128 e. The van der Waals surface area contributed by atoms with Gasteiger partial charge in [0.15, 0.2) is 0 Å². The molecule has 0 radical (unpaired) electrons. The Morgan fingerprint density at radius 2 is 2.10 bits per heavy atom. The molecule has 3 aromatic rings. The lowest BCUT2D eigenvalue weighted by Crippen LogP contribution is -2.06. The van der Waals surface area contributed by atoms with Crippen LogP contribution < -0.4 is 0 Å². The van der Waals surface area contributed by atoms with Crippen molar-refractivity contribution in [1.29, 1.82) is 0 Å². The Hall–Kier alpha value is -1.52. The number of aryl methyl sites for hydroxylation is 1. The second-order valence-corrected chi connectivity index (χ2v) is 6.28. The molecule has 1 atom stereocenters. The average molecular weight is 323 g/mol. The van der Waals surface area contributed by atoms with Crippen LogP contribution in [0.15, 0.2) is 24.4 Å². The second-order valence-electron chi connectivity index (χ2n) is 5.18.